The fourth-order valence-corrected chi connectivity index (χ4v) is 3.64. The third-order valence-corrected chi connectivity index (χ3v) is 5.19. The summed E-state index contributed by atoms with van der Waals surface area (Å²) in [5.41, 5.74) is 1.87. The van der Waals surface area contributed by atoms with Crippen molar-refractivity contribution >= 4 is 33.9 Å². The third-order valence-electron chi connectivity index (χ3n) is 4.85. The summed E-state index contributed by atoms with van der Waals surface area (Å²) in [5, 5.41) is 13.9. The molecular formula is C23H24ClN3O6. The van der Waals surface area contributed by atoms with E-state index in [0.29, 0.717) is 69.8 Å². The number of hydrogen-bond acceptors (Lipinski definition) is 9. The summed E-state index contributed by atoms with van der Waals surface area (Å²) >= 11 is 6.49. The van der Waals surface area contributed by atoms with Gasteiger partial charge in [-0.15, -0.1) is 0 Å². The van der Waals surface area contributed by atoms with Gasteiger partial charge < -0.3 is 33.7 Å². The van der Waals surface area contributed by atoms with Gasteiger partial charge >= 0.3 is 0 Å². The average molecular weight is 474 g/mol. The van der Waals surface area contributed by atoms with Crippen LogP contribution >= 0.6 is 11.6 Å². The summed E-state index contributed by atoms with van der Waals surface area (Å²) in [6.07, 6.45) is 1.48. The molecule has 2 aromatic carbocycles. The minimum Gasteiger partial charge on any atom is -0.493 e. The quantitative estimate of drug-likeness (QED) is 0.424. The maximum atomic E-state index is 9.74. The van der Waals surface area contributed by atoms with Crippen molar-refractivity contribution in [1.82, 2.24) is 4.98 Å². The molecule has 1 aromatic heterocycles. The van der Waals surface area contributed by atoms with Crippen LogP contribution in [-0.4, -0.2) is 53.7 Å². The van der Waals surface area contributed by atoms with Crippen LogP contribution in [0.5, 0.6) is 28.7 Å². The minimum absolute atomic E-state index is 0.227. The number of nitrogens with one attached hydrogen (secondary N) is 1. The molecule has 33 heavy (non-hydrogen) atoms. The van der Waals surface area contributed by atoms with E-state index in [0.717, 1.165) is 0 Å². The van der Waals surface area contributed by atoms with E-state index in [1.165, 1.54) is 34.6 Å². The monoisotopic (exact) mass is 473 g/mol. The number of rotatable bonds is 10. The Morgan fingerprint density at radius 2 is 1.64 bits per heavy atom. The van der Waals surface area contributed by atoms with Gasteiger partial charge in [0.05, 0.1) is 57.5 Å². The smallest absolute Gasteiger partial charge is 0.183 e. The molecule has 0 aliphatic heterocycles. The molecular weight excluding hydrogens is 450 g/mol. The largest absolute Gasteiger partial charge is 0.493 e. The Labute approximate surface area is 196 Å². The van der Waals surface area contributed by atoms with E-state index >= 15 is 0 Å². The zero-order valence-corrected chi connectivity index (χ0v) is 19.7. The molecule has 3 rings (SSSR count). The zero-order chi connectivity index (χ0) is 24.0. The Kier molecular flexibility index (Phi) is 7.87. The second-order valence-corrected chi connectivity index (χ2v) is 7.03. The van der Waals surface area contributed by atoms with E-state index in [1.54, 1.807) is 25.3 Å². The van der Waals surface area contributed by atoms with Gasteiger partial charge in [-0.25, -0.2) is 0 Å². The highest BCUT2D eigenvalue weighted by Gasteiger charge is 2.21. The first-order chi connectivity index (χ1) is 16.0. The van der Waals surface area contributed by atoms with Crippen molar-refractivity contribution < 1.29 is 28.4 Å². The fraction of sp³-hybridized carbons (Fsp3) is 0.304. The van der Waals surface area contributed by atoms with E-state index in [9.17, 15) is 5.26 Å². The summed E-state index contributed by atoms with van der Waals surface area (Å²) in [4.78, 5) is 4.41. The summed E-state index contributed by atoms with van der Waals surface area (Å²) < 4.78 is 32.6. The van der Waals surface area contributed by atoms with Crippen molar-refractivity contribution in [2.45, 2.75) is 0 Å². The van der Waals surface area contributed by atoms with Crippen LogP contribution in [0.25, 0.3) is 10.9 Å². The van der Waals surface area contributed by atoms with E-state index in [4.69, 9.17) is 40.0 Å². The number of nitrogens with zero attached hydrogens (tertiary/aromatic N) is 2. The molecule has 1 N–H and O–H groups in total. The summed E-state index contributed by atoms with van der Waals surface area (Å²) in [6.45, 7) is 0.774. The van der Waals surface area contributed by atoms with Crippen LogP contribution in [0.3, 0.4) is 0 Å². The SMILES string of the molecule is COCCOc1cc2ncc(C#N)c(Nc3cc(OC)c(OC)c(Cl)c3OC)c2cc1OC. The van der Waals surface area contributed by atoms with E-state index in [1.807, 2.05) is 0 Å². The number of hydrogen-bond donors (Lipinski definition) is 1. The minimum atomic E-state index is 0.227. The third kappa shape index (κ3) is 4.77. The van der Waals surface area contributed by atoms with Crippen molar-refractivity contribution in [2.24, 2.45) is 0 Å². The van der Waals surface area contributed by atoms with E-state index in [-0.39, 0.29) is 5.02 Å². The van der Waals surface area contributed by atoms with Crippen molar-refractivity contribution in [1.29, 1.82) is 5.26 Å². The van der Waals surface area contributed by atoms with Gasteiger partial charge in [0.2, 0.25) is 0 Å². The Morgan fingerprint density at radius 3 is 2.24 bits per heavy atom. The topological polar surface area (TPSA) is 104 Å². The predicted molar refractivity (Wildman–Crippen MR) is 125 cm³/mol. The number of benzene rings is 2. The van der Waals surface area contributed by atoms with Gasteiger partial charge in [0.15, 0.2) is 28.7 Å². The normalized spacial score (nSPS) is 10.5. The summed E-state index contributed by atoms with van der Waals surface area (Å²) in [7, 11) is 7.61. The molecule has 10 heteroatoms. The lowest BCUT2D eigenvalue weighted by atomic mass is 10.1. The number of ether oxygens (including phenoxy) is 6. The number of pyridine rings is 1. The molecule has 174 valence electrons. The Hall–Kier alpha value is -3.61. The lowest BCUT2D eigenvalue weighted by molar-refractivity contribution is 0.144. The molecule has 0 aliphatic carbocycles. The van der Waals surface area contributed by atoms with Gasteiger partial charge in [0.25, 0.3) is 0 Å². The van der Waals surface area contributed by atoms with Crippen LogP contribution in [0, 0.1) is 11.3 Å². The second-order valence-electron chi connectivity index (χ2n) is 6.65. The lowest BCUT2D eigenvalue weighted by Crippen LogP contribution is -2.06. The van der Waals surface area contributed by atoms with Gasteiger partial charge in [-0.05, 0) is 6.07 Å². The molecule has 0 fully saturated rings. The van der Waals surface area contributed by atoms with Crippen LogP contribution in [0.2, 0.25) is 5.02 Å². The van der Waals surface area contributed by atoms with Crippen molar-refractivity contribution in [2.75, 3.05) is 54.1 Å². The van der Waals surface area contributed by atoms with Crippen molar-refractivity contribution in [3.63, 3.8) is 0 Å². The lowest BCUT2D eigenvalue weighted by Gasteiger charge is -2.19. The fourth-order valence-electron chi connectivity index (χ4n) is 3.29. The van der Waals surface area contributed by atoms with Gasteiger partial charge in [-0.2, -0.15) is 5.26 Å². The Morgan fingerprint density at radius 1 is 0.909 bits per heavy atom. The summed E-state index contributed by atoms with van der Waals surface area (Å²) in [6, 6.07) is 7.34. The molecule has 0 bridgehead atoms. The van der Waals surface area contributed by atoms with Crippen LogP contribution in [0.15, 0.2) is 24.4 Å². The molecule has 0 saturated heterocycles. The maximum absolute atomic E-state index is 9.74. The highest BCUT2D eigenvalue weighted by molar-refractivity contribution is 6.34. The zero-order valence-electron chi connectivity index (χ0n) is 18.9. The standard InChI is InChI=1S/C23H24ClN3O6/c1-28-6-7-33-18-9-15-14(8-17(18)29-2)21(13(11-25)12-26-15)27-16-10-19(30-3)23(32-5)20(24)22(16)31-4/h8-10,12H,6-7H2,1-5H3,(H,26,27). The molecule has 1 heterocycles. The van der Waals surface area contributed by atoms with Crippen LogP contribution < -0.4 is 29.0 Å². The Bertz CT molecular complexity index is 1200. The number of fused-ring (bicyclic) bond motifs is 1. The molecule has 0 atom stereocenters. The van der Waals surface area contributed by atoms with Crippen LogP contribution in [0.1, 0.15) is 5.56 Å². The second kappa shape index (κ2) is 10.8. The van der Waals surface area contributed by atoms with Gasteiger partial charge in [-0.1, -0.05) is 11.6 Å². The predicted octanol–water partition coefficient (Wildman–Crippen LogP) is 4.56. The highest BCUT2D eigenvalue weighted by Crippen LogP contribution is 2.48. The van der Waals surface area contributed by atoms with Crippen molar-refractivity contribution in [3.05, 3.63) is 35.0 Å². The summed E-state index contributed by atoms with van der Waals surface area (Å²) in [5.74, 6) is 2.05. The molecule has 0 saturated carbocycles. The number of methoxy groups -OCH3 is 5. The molecule has 0 aliphatic rings. The first-order valence-electron chi connectivity index (χ1n) is 9.80. The molecule has 3 aromatic rings. The van der Waals surface area contributed by atoms with Crippen LogP contribution in [0.4, 0.5) is 11.4 Å². The molecule has 0 spiro atoms. The number of halogens is 1. The number of anilines is 2. The van der Waals surface area contributed by atoms with Crippen LogP contribution in [-0.2, 0) is 4.74 Å². The first-order valence-corrected chi connectivity index (χ1v) is 10.2. The molecule has 0 radical (unpaired) electrons. The van der Waals surface area contributed by atoms with Gasteiger partial charge in [-0.3, -0.25) is 4.98 Å². The number of aromatic nitrogens is 1. The number of nitriles is 1. The molecule has 0 amide bonds. The first kappa shape index (κ1) is 24.0. The van der Waals surface area contributed by atoms with Gasteiger partial charge in [0, 0.05) is 30.8 Å². The van der Waals surface area contributed by atoms with E-state index < -0.39 is 0 Å². The van der Waals surface area contributed by atoms with E-state index in [2.05, 4.69) is 16.4 Å². The van der Waals surface area contributed by atoms with Gasteiger partial charge in [0.1, 0.15) is 17.7 Å². The molecule has 9 nitrogen and oxygen atoms in total. The Balaban J connectivity index is 2.18. The maximum Gasteiger partial charge on any atom is 0.183 e. The average Bonchev–Trinajstić information content (AvgIpc) is 2.83. The molecule has 0 unspecified atom stereocenters. The van der Waals surface area contributed by atoms with Crippen molar-refractivity contribution in [3.8, 4) is 34.8 Å². The highest BCUT2D eigenvalue weighted by atomic mass is 35.5.